The van der Waals surface area contributed by atoms with Crippen molar-refractivity contribution in [3.63, 3.8) is 0 Å². The Bertz CT molecular complexity index is 504. The molecule has 0 radical (unpaired) electrons. The maximum absolute atomic E-state index is 13.2. The number of unbranched alkanes of at least 4 members (excludes halogenated alkanes) is 1. The largest absolute Gasteiger partial charge is 0.416 e. The van der Waals surface area contributed by atoms with Crippen molar-refractivity contribution >= 4 is 17.7 Å². The lowest BCUT2D eigenvalue weighted by Crippen LogP contribution is -2.38. The fraction of sp³-hybridized carbons (Fsp3) is 0.533. The Labute approximate surface area is 126 Å². The zero-order chi connectivity index (χ0) is 15.5. The lowest BCUT2D eigenvalue weighted by Gasteiger charge is -2.36. The van der Waals surface area contributed by atoms with E-state index in [1.165, 1.54) is 23.9 Å². The van der Waals surface area contributed by atoms with Crippen LogP contribution in [0.5, 0.6) is 0 Å². The minimum absolute atomic E-state index is 0.0517. The molecule has 0 aliphatic carbocycles. The van der Waals surface area contributed by atoms with Crippen LogP contribution in [0.2, 0.25) is 0 Å². The Hall–Kier alpha value is -1.17. The van der Waals surface area contributed by atoms with Gasteiger partial charge in [-0.15, -0.1) is 11.8 Å². The van der Waals surface area contributed by atoms with Crippen LogP contribution in [0.4, 0.5) is 13.2 Å². The van der Waals surface area contributed by atoms with Gasteiger partial charge in [-0.2, -0.15) is 13.2 Å². The number of rotatable bonds is 4. The van der Waals surface area contributed by atoms with Gasteiger partial charge in [-0.1, -0.05) is 31.5 Å². The summed E-state index contributed by atoms with van der Waals surface area (Å²) >= 11 is 1.41. The molecule has 1 aliphatic heterocycles. The van der Waals surface area contributed by atoms with Gasteiger partial charge in [-0.05, 0) is 18.1 Å². The van der Waals surface area contributed by atoms with Gasteiger partial charge in [0.15, 0.2) is 0 Å². The highest BCUT2D eigenvalue weighted by molar-refractivity contribution is 7.99. The van der Waals surface area contributed by atoms with Gasteiger partial charge >= 0.3 is 6.18 Å². The second-order valence-corrected chi connectivity index (χ2v) is 6.19. The molecule has 1 aromatic rings. The van der Waals surface area contributed by atoms with Crippen molar-refractivity contribution in [2.75, 3.05) is 12.3 Å². The molecular formula is C15H18F3NOS. The van der Waals surface area contributed by atoms with E-state index in [-0.39, 0.29) is 11.5 Å². The monoisotopic (exact) mass is 317 g/mol. The molecule has 6 heteroatoms. The lowest BCUT2D eigenvalue weighted by molar-refractivity contribution is -0.140. The number of carbonyl (C=O) groups excluding carboxylic acids is 1. The van der Waals surface area contributed by atoms with Crippen LogP contribution in [0.3, 0.4) is 0 Å². The molecule has 1 unspecified atom stereocenters. The van der Waals surface area contributed by atoms with Gasteiger partial charge in [0.1, 0.15) is 5.37 Å². The van der Waals surface area contributed by atoms with Gasteiger partial charge in [-0.25, -0.2) is 0 Å². The summed E-state index contributed by atoms with van der Waals surface area (Å²) in [5, 5.41) is -0.532. The quantitative estimate of drug-likeness (QED) is 0.816. The molecule has 1 amide bonds. The molecule has 2 rings (SSSR count). The number of thioether (sulfide) groups is 1. The molecule has 0 saturated carbocycles. The average molecular weight is 317 g/mol. The van der Waals surface area contributed by atoms with Gasteiger partial charge < -0.3 is 4.90 Å². The number of benzene rings is 1. The minimum atomic E-state index is -4.39. The SMILES string of the molecule is CCCCN1C(=O)CCSC1c1ccccc1C(F)(F)F. The maximum atomic E-state index is 13.2. The molecule has 116 valence electrons. The first-order valence-electron chi connectivity index (χ1n) is 7.02. The van der Waals surface area contributed by atoms with E-state index in [9.17, 15) is 18.0 Å². The normalized spacial score (nSPS) is 19.9. The van der Waals surface area contributed by atoms with Gasteiger partial charge in [0, 0.05) is 18.7 Å². The van der Waals surface area contributed by atoms with Gasteiger partial charge in [0.25, 0.3) is 0 Å². The van der Waals surface area contributed by atoms with E-state index in [1.54, 1.807) is 11.0 Å². The van der Waals surface area contributed by atoms with Gasteiger partial charge in [-0.3, -0.25) is 4.79 Å². The number of hydrogen-bond donors (Lipinski definition) is 0. The van der Waals surface area contributed by atoms with Crippen molar-refractivity contribution in [1.29, 1.82) is 0 Å². The third-order valence-electron chi connectivity index (χ3n) is 3.48. The van der Waals surface area contributed by atoms with Crippen LogP contribution >= 0.6 is 11.8 Å². The summed E-state index contributed by atoms with van der Waals surface area (Å²) in [6.07, 6.45) is -2.29. The van der Waals surface area contributed by atoms with Crippen LogP contribution in [0.15, 0.2) is 24.3 Å². The molecule has 1 fully saturated rings. The number of amides is 1. The third kappa shape index (κ3) is 3.73. The van der Waals surface area contributed by atoms with Crippen molar-refractivity contribution in [3.05, 3.63) is 35.4 Å². The second kappa shape index (κ2) is 6.73. The lowest BCUT2D eigenvalue weighted by atomic mass is 10.1. The molecule has 1 aromatic carbocycles. The van der Waals surface area contributed by atoms with E-state index in [4.69, 9.17) is 0 Å². The maximum Gasteiger partial charge on any atom is 0.416 e. The summed E-state index contributed by atoms with van der Waals surface area (Å²) in [7, 11) is 0. The van der Waals surface area contributed by atoms with E-state index in [0.29, 0.717) is 18.7 Å². The van der Waals surface area contributed by atoms with E-state index >= 15 is 0 Å². The number of alkyl halides is 3. The third-order valence-corrected chi connectivity index (χ3v) is 4.74. The van der Waals surface area contributed by atoms with Crippen LogP contribution < -0.4 is 0 Å². The molecule has 0 spiro atoms. The molecule has 0 bridgehead atoms. The number of nitrogens with zero attached hydrogens (tertiary/aromatic N) is 1. The van der Waals surface area contributed by atoms with Gasteiger partial charge in [0.2, 0.25) is 5.91 Å². The van der Waals surface area contributed by atoms with E-state index in [0.717, 1.165) is 18.9 Å². The molecule has 0 N–H and O–H groups in total. The predicted molar refractivity (Wildman–Crippen MR) is 77.9 cm³/mol. The van der Waals surface area contributed by atoms with Crippen LogP contribution in [-0.2, 0) is 11.0 Å². The highest BCUT2D eigenvalue weighted by Gasteiger charge is 2.38. The van der Waals surface area contributed by atoms with E-state index in [1.807, 2.05) is 6.92 Å². The molecule has 21 heavy (non-hydrogen) atoms. The molecule has 1 heterocycles. The Kier molecular flexibility index (Phi) is 5.19. The Morgan fingerprint density at radius 3 is 2.71 bits per heavy atom. The molecule has 0 aromatic heterocycles. The smallest absolute Gasteiger partial charge is 0.327 e. The first-order valence-corrected chi connectivity index (χ1v) is 8.07. The summed E-state index contributed by atoms with van der Waals surface area (Å²) in [5.41, 5.74) is -0.446. The van der Waals surface area contributed by atoms with Crippen LogP contribution in [0, 0.1) is 0 Å². The highest BCUT2D eigenvalue weighted by atomic mass is 32.2. The molecule has 2 nitrogen and oxygen atoms in total. The van der Waals surface area contributed by atoms with Crippen molar-refractivity contribution in [3.8, 4) is 0 Å². The summed E-state index contributed by atoms with van der Waals surface area (Å²) in [6.45, 7) is 2.51. The van der Waals surface area contributed by atoms with Gasteiger partial charge in [0.05, 0.1) is 5.56 Å². The first kappa shape index (κ1) is 16.2. The second-order valence-electron chi connectivity index (χ2n) is 5.00. The molecule has 1 aliphatic rings. The molecular weight excluding hydrogens is 299 g/mol. The zero-order valence-corrected chi connectivity index (χ0v) is 12.6. The van der Waals surface area contributed by atoms with Crippen molar-refractivity contribution in [2.24, 2.45) is 0 Å². The summed E-state index contributed by atoms with van der Waals surface area (Å²) < 4.78 is 39.5. The van der Waals surface area contributed by atoms with Crippen LogP contribution in [0.25, 0.3) is 0 Å². The highest BCUT2D eigenvalue weighted by Crippen LogP contribution is 2.43. The summed E-state index contributed by atoms with van der Waals surface area (Å²) in [5.74, 6) is 0.516. The van der Waals surface area contributed by atoms with Crippen molar-refractivity contribution in [2.45, 2.75) is 37.7 Å². The Balaban J connectivity index is 2.36. The molecule has 1 saturated heterocycles. The Morgan fingerprint density at radius 2 is 2.05 bits per heavy atom. The topological polar surface area (TPSA) is 20.3 Å². The van der Waals surface area contributed by atoms with E-state index < -0.39 is 17.1 Å². The fourth-order valence-electron chi connectivity index (χ4n) is 2.42. The Morgan fingerprint density at radius 1 is 1.33 bits per heavy atom. The fourth-order valence-corrected chi connectivity index (χ4v) is 3.72. The summed E-state index contributed by atoms with van der Waals surface area (Å²) in [6, 6.07) is 5.56. The van der Waals surface area contributed by atoms with Crippen molar-refractivity contribution in [1.82, 2.24) is 4.90 Å². The van der Waals surface area contributed by atoms with E-state index in [2.05, 4.69) is 0 Å². The summed E-state index contributed by atoms with van der Waals surface area (Å²) in [4.78, 5) is 13.7. The predicted octanol–water partition coefficient (Wildman–Crippen LogP) is 4.47. The van der Waals surface area contributed by atoms with Crippen LogP contribution in [0.1, 0.15) is 42.7 Å². The molecule has 1 atom stereocenters. The van der Waals surface area contributed by atoms with Crippen LogP contribution in [-0.4, -0.2) is 23.1 Å². The van der Waals surface area contributed by atoms with Crippen molar-refractivity contribution < 1.29 is 18.0 Å². The number of hydrogen-bond acceptors (Lipinski definition) is 2. The first-order chi connectivity index (χ1) is 9.95. The minimum Gasteiger partial charge on any atom is -0.327 e. The standard InChI is InChI=1S/C15H18F3NOS/c1-2-3-9-19-13(20)8-10-21-14(19)11-6-4-5-7-12(11)15(16,17)18/h4-7,14H,2-3,8-10H2,1H3. The average Bonchev–Trinajstić information content (AvgIpc) is 2.45. The number of carbonyl (C=O) groups is 1. The zero-order valence-electron chi connectivity index (χ0n) is 11.8. The number of halogens is 3.